The van der Waals surface area contributed by atoms with Crippen molar-refractivity contribution in [1.82, 2.24) is 14.9 Å². The molecule has 2 atom stereocenters. The van der Waals surface area contributed by atoms with E-state index in [1.165, 1.54) is 13.0 Å². The van der Waals surface area contributed by atoms with Gasteiger partial charge in [-0.1, -0.05) is 13.0 Å². The number of hydrogen-bond acceptors (Lipinski definition) is 6. The lowest BCUT2D eigenvalue weighted by molar-refractivity contribution is -0.153. The second-order valence-corrected chi connectivity index (χ2v) is 8.13. The summed E-state index contributed by atoms with van der Waals surface area (Å²) in [6, 6.07) is 2.90. The highest BCUT2D eigenvalue weighted by Gasteiger charge is 2.40. The summed E-state index contributed by atoms with van der Waals surface area (Å²) in [7, 11) is 0. The van der Waals surface area contributed by atoms with Crippen LogP contribution in [0.15, 0.2) is 41.3 Å². The molecule has 1 fully saturated rings. The topological polar surface area (TPSA) is 114 Å². The molecule has 1 aliphatic rings. The summed E-state index contributed by atoms with van der Waals surface area (Å²) in [5.41, 5.74) is -3.00. The number of carbonyl (C=O) groups excluding carboxylic acids is 2. The Morgan fingerprint density at radius 3 is 2.46 bits per heavy atom. The van der Waals surface area contributed by atoms with Crippen LogP contribution in [0.2, 0.25) is 0 Å². The maximum atomic E-state index is 14.8. The van der Waals surface area contributed by atoms with Gasteiger partial charge in [0.15, 0.2) is 5.65 Å². The number of aliphatic hydroxyl groups is 1. The van der Waals surface area contributed by atoms with Crippen molar-refractivity contribution >= 4 is 28.9 Å². The van der Waals surface area contributed by atoms with Crippen molar-refractivity contribution < 1.29 is 41.4 Å². The highest BCUT2D eigenvalue weighted by Crippen LogP contribution is 2.27. The Morgan fingerprint density at radius 1 is 1.22 bits per heavy atom. The summed E-state index contributed by atoms with van der Waals surface area (Å²) in [5, 5.41) is 10.6. The molecule has 2 aromatic heterocycles. The van der Waals surface area contributed by atoms with E-state index >= 15 is 0 Å². The van der Waals surface area contributed by atoms with Crippen LogP contribution in [0.25, 0.3) is 16.7 Å². The summed E-state index contributed by atoms with van der Waals surface area (Å²) >= 11 is 0. The molecular weight excluding hydrogens is 507 g/mol. The molecule has 0 bridgehead atoms. The molecule has 0 spiro atoms. The number of hydrogen-bond donors (Lipinski definition) is 2. The maximum Gasteiger partial charge on any atom is 0.416 e. The SMILES string of the molecule is CC[C@@H](NC(=O)c1cn(-c2c(F)cccc2F)c2nc(N3CC(CO)OC3=O)ccc2c1=O)C(F)(F)F. The minimum Gasteiger partial charge on any atom is -0.441 e. The predicted molar refractivity (Wildman–Crippen MR) is 120 cm³/mol. The average molecular weight is 526 g/mol. The molecule has 1 saturated heterocycles. The number of carbonyl (C=O) groups is 2. The molecule has 196 valence electrons. The Hall–Kier alpha value is -4.07. The molecule has 4 rings (SSSR count). The van der Waals surface area contributed by atoms with Crippen molar-refractivity contribution in [2.24, 2.45) is 0 Å². The van der Waals surface area contributed by atoms with Gasteiger partial charge in [0.2, 0.25) is 5.43 Å². The third-order valence-corrected chi connectivity index (χ3v) is 5.72. The second kappa shape index (κ2) is 9.76. The summed E-state index contributed by atoms with van der Waals surface area (Å²) < 4.78 is 74.8. The van der Waals surface area contributed by atoms with E-state index in [4.69, 9.17) is 4.74 Å². The van der Waals surface area contributed by atoms with Crippen molar-refractivity contribution in [3.8, 4) is 5.69 Å². The van der Waals surface area contributed by atoms with Gasteiger partial charge in [-0.25, -0.2) is 18.6 Å². The predicted octanol–water partition coefficient (Wildman–Crippen LogP) is 3.05. The van der Waals surface area contributed by atoms with Gasteiger partial charge in [0.25, 0.3) is 5.91 Å². The van der Waals surface area contributed by atoms with Gasteiger partial charge in [0, 0.05) is 6.20 Å². The first-order valence-electron chi connectivity index (χ1n) is 10.9. The molecule has 0 saturated carbocycles. The van der Waals surface area contributed by atoms with Crippen molar-refractivity contribution in [1.29, 1.82) is 0 Å². The van der Waals surface area contributed by atoms with Crippen molar-refractivity contribution in [2.45, 2.75) is 31.7 Å². The Morgan fingerprint density at radius 2 is 1.89 bits per heavy atom. The molecule has 3 aromatic rings. The Labute approximate surface area is 205 Å². The Balaban J connectivity index is 1.93. The molecular formula is C23H19F5N4O5. The van der Waals surface area contributed by atoms with Crippen LogP contribution in [0.3, 0.4) is 0 Å². The fourth-order valence-electron chi connectivity index (χ4n) is 3.85. The largest absolute Gasteiger partial charge is 0.441 e. The van der Waals surface area contributed by atoms with Crippen LogP contribution in [-0.4, -0.2) is 58.1 Å². The van der Waals surface area contributed by atoms with Crippen LogP contribution < -0.4 is 15.6 Å². The smallest absolute Gasteiger partial charge is 0.416 e. The van der Waals surface area contributed by atoms with Gasteiger partial charge < -0.3 is 15.2 Å². The lowest BCUT2D eigenvalue weighted by Crippen LogP contribution is -2.46. The number of halogens is 5. The molecule has 3 heterocycles. The number of benzene rings is 1. The third kappa shape index (κ3) is 4.83. The zero-order valence-electron chi connectivity index (χ0n) is 19.1. The lowest BCUT2D eigenvalue weighted by atomic mass is 10.1. The first-order valence-corrected chi connectivity index (χ1v) is 10.9. The van der Waals surface area contributed by atoms with E-state index in [2.05, 4.69) is 4.98 Å². The number of amides is 2. The molecule has 0 aliphatic carbocycles. The average Bonchev–Trinajstić information content (AvgIpc) is 3.23. The first kappa shape index (κ1) is 26.0. The fraction of sp³-hybridized carbons (Fsp3) is 0.304. The van der Waals surface area contributed by atoms with E-state index in [0.717, 1.165) is 33.7 Å². The number of pyridine rings is 2. The number of aliphatic hydroxyl groups excluding tert-OH is 1. The number of aromatic nitrogens is 2. The van der Waals surface area contributed by atoms with Crippen molar-refractivity contribution in [2.75, 3.05) is 18.1 Å². The summed E-state index contributed by atoms with van der Waals surface area (Å²) in [5.74, 6) is -3.74. The standard InChI is InChI=1S/C23H19F5N4O5/c1-2-16(23(26,27)28)29-21(35)13-9-32(18-14(24)4-3-5-15(18)25)20-12(19(13)34)6-7-17(30-20)31-8-11(10-33)37-22(31)36/h3-7,9,11,16,33H,2,8,10H2,1H3,(H,29,35)/t11?,16-/m1/s1. The van der Waals surface area contributed by atoms with Crippen LogP contribution in [0, 0.1) is 11.6 Å². The zero-order chi connectivity index (χ0) is 27.1. The number of anilines is 1. The van der Waals surface area contributed by atoms with Crippen LogP contribution in [0.4, 0.5) is 32.6 Å². The zero-order valence-corrected chi connectivity index (χ0v) is 19.1. The lowest BCUT2D eigenvalue weighted by Gasteiger charge is -2.21. The monoisotopic (exact) mass is 526 g/mol. The van der Waals surface area contributed by atoms with Crippen LogP contribution >= 0.6 is 0 Å². The van der Waals surface area contributed by atoms with E-state index in [1.54, 1.807) is 5.32 Å². The van der Waals surface area contributed by atoms with Crippen molar-refractivity contribution in [3.63, 3.8) is 0 Å². The number of nitrogens with one attached hydrogen (secondary N) is 1. The van der Waals surface area contributed by atoms with Gasteiger partial charge in [0.1, 0.15) is 40.8 Å². The van der Waals surface area contributed by atoms with Gasteiger partial charge in [-0.2, -0.15) is 13.2 Å². The molecule has 1 aromatic carbocycles. The van der Waals surface area contributed by atoms with E-state index < -0.39 is 71.7 Å². The second-order valence-electron chi connectivity index (χ2n) is 8.13. The Bertz CT molecular complexity index is 1420. The molecule has 0 radical (unpaired) electrons. The number of ether oxygens (including phenoxy) is 1. The molecule has 37 heavy (non-hydrogen) atoms. The number of rotatable bonds is 6. The number of cyclic esters (lactones) is 1. The molecule has 1 unspecified atom stereocenters. The summed E-state index contributed by atoms with van der Waals surface area (Å²) in [4.78, 5) is 43.2. The minimum atomic E-state index is -4.80. The Kier molecular flexibility index (Phi) is 6.86. The summed E-state index contributed by atoms with van der Waals surface area (Å²) in [6.45, 7) is 0.598. The van der Waals surface area contributed by atoms with E-state index in [-0.39, 0.29) is 23.4 Å². The molecule has 14 heteroatoms. The van der Waals surface area contributed by atoms with Crippen LogP contribution in [0.5, 0.6) is 0 Å². The quantitative estimate of drug-likeness (QED) is 0.478. The molecule has 9 nitrogen and oxygen atoms in total. The first-order chi connectivity index (χ1) is 17.5. The van der Waals surface area contributed by atoms with E-state index in [0.29, 0.717) is 6.20 Å². The fourth-order valence-corrected chi connectivity index (χ4v) is 3.85. The van der Waals surface area contributed by atoms with Gasteiger partial charge in [-0.15, -0.1) is 0 Å². The van der Waals surface area contributed by atoms with Crippen LogP contribution in [-0.2, 0) is 4.74 Å². The highest BCUT2D eigenvalue weighted by molar-refractivity contribution is 5.98. The maximum absolute atomic E-state index is 14.8. The normalized spacial score (nSPS) is 16.7. The van der Waals surface area contributed by atoms with Gasteiger partial charge >= 0.3 is 12.3 Å². The van der Waals surface area contributed by atoms with Gasteiger partial charge in [-0.3, -0.25) is 19.1 Å². The van der Waals surface area contributed by atoms with E-state index in [9.17, 15) is 41.4 Å². The van der Waals surface area contributed by atoms with Gasteiger partial charge in [0.05, 0.1) is 18.5 Å². The molecule has 2 N–H and O–H groups in total. The third-order valence-electron chi connectivity index (χ3n) is 5.72. The number of fused-ring (bicyclic) bond motifs is 1. The van der Waals surface area contributed by atoms with E-state index in [1.807, 2.05) is 0 Å². The van der Waals surface area contributed by atoms with Gasteiger partial charge in [-0.05, 0) is 30.7 Å². The van der Waals surface area contributed by atoms with Crippen LogP contribution in [0.1, 0.15) is 23.7 Å². The summed E-state index contributed by atoms with van der Waals surface area (Å²) in [6.07, 6.45) is -6.36. The number of alkyl halides is 3. The number of para-hydroxylation sites is 1. The number of nitrogens with zero attached hydrogens (tertiary/aromatic N) is 3. The minimum absolute atomic E-state index is 0.0985. The molecule has 2 amide bonds. The highest BCUT2D eigenvalue weighted by atomic mass is 19.4. The molecule has 1 aliphatic heterocycles. The van der Waals surface area contributed by atoms with Crippen molar-refractivity contribution in [3.05, 3.63) is 63.9 Å².